The monoisotopic (exact) mass is 229 g/mol. The zero-order chi connectivity index (χ0) is 12.3. The first-order valence-corrected chi connectivity index (χ1v) is 5.95. The fourth-order valence-corrected chi connectivity index (χ4v) is 1.91. The summed E-state index contributed by atoms with van der Waals surface area (Å²) >= 11 is 0. The Hall–Kier alpha value is -1.77. The molecule has 2 rings (SSSR count). The van der Waals surface area contributed by atoms with E-state index in [2.05, 4.69) is 48.5 Å². The van der Waals surface area contributed by atoms with Crippen molar-refractivity contribution < 1.29 is 0 Å². The van der Waals surface area contributed by atoms with Crippen molar-refractivity contribution in [2.24, 2.45) is 7.05 Å². The number of aromatic nitrogens is 2. The van der Waals surface area contributed by atoms with Crippen LogP contribution in [0.2, 0.25) is 0 Å². The Morgan fingerprint density at radius 2 is 2.06 bits per heavy atom. The molecule has 0 fully saturated rings. The number of aryl methyl sites for hydroxylation is 2. The van der Waals surface area contributed by atoms with Crippen molar-refractivity contribution in [1.82, 2.24) is 9.78 Å². The normalized spacial score (nSPS) is 10.5. The van der Waals surface area contributed by atoms with Crippen molar-refractivity contribution in [3.63, 3.8) is 0 Å². The Morgan fingerprint density at radius 1 is 1.24 bits per heavy atom. The van der Waals surface area contributed by atoms with Gasteiger partial charge in [-0.3, -0.25) is 4.68 Å². The summed E-state index contributed by atoms with van der Waals surface area (Å²) < 4.78 is 1.92. The largest absolute Gasteiger partial charge is 0.384 e. The minimum Gasteiger partial charge on any atom is -0.384 e. The van der Waals surface area contributed by atoms with Crippen LogP contribution in [0.3, 0.4) is 0 Å². The first-order valence-electron chi connectivity index (χ1n) is 5.95. The highest BCUT2D eigenvalue weighted by Crippen LogP contribution is 2.17. The van der Waals surface area contributed by atoms with E-state index >= 15 is 0 Å². The quantitative estimate of drug-likeness (QED) is 0.873. The van der Waals surface area contributed by atoms with Gasteiger partial charge in [-0.15, -0.1) is 0 Å². The summed E-state index contributed by atoms with van der Waals surface area (Å²) in [4.78, 5) is 0. The number of anilines is 1. The summed E-state index contributed by atoms with van der Waals surface area (Å²) in [5, 5.41) is 7.64. The molecule has 1 aromatic heterocycles. The zero-order valence-corrected chi connectivity index (χ0v) is 10.7. The van der Waals surface area contributed by atoms with E-state index in [-0.39, 0.29) is 0 Å². The summed E-state index contributed by atoms with van der Waals surface area (Å²) in [6.07, 6.45) is 2.83. The second-order valence-electron chi connectivity index (χ2n) is 4.37. The third kappa shape index (κ3) is 2.67. The molecule has 3 nitrogen and oxygen atoms in total. The lowest BCUT2D eigenvalue weighted by molar-refractivity contribution is 0.711. The van der Waals surface area contributed by atoms with Crippen LogP contribution in [0, 0.1) is 13.8 Å². The van der Waals surface area contributed by atoms with Gasteiger partial charge >= 0.3 is 0 Å². The molecule has 1 heterocycles. The van der Waals surface area contributed by atoms with Crippen LogP contribution in [0.25, 0.3) is 0 Å². The van der Waals surface area contributed by atoms with Gasteiger partial charge in [-0.25, -0.2) is 0 Å². The molecule has 0 spiro atoms. The predicted octanol–water partition coefficient (Wildman–Crippen LogP) is 2.69. The van der Waals surface area contributed by atoms with Crippen LogP contribution in [0.1, 0.15) is 16.8 Å². The fraction of sp³-hybridized carbons (Fsp3) is 0.357. The van der Waals surface area contributed by atoms with Gasteiger partial charge in [0.15, 0.2) is 0 Å². The molecule has 0 atom stereocenters. The summed E-state index contributed by atoms with van der Waals surface area (Å²) in [5.74, 6) is 0. The molecule has 0 aliphatic rings. The highest BCUT2D eigenvalue weighted by Gasteiger charge is 2.01. The molecule has 0 bridgehead atoms. The summed E-state index contributed by atoms with van der Waals surface area (Å²) in [6, 6.07) is 8.42. The Bertz CT molecular complexity index is 500. The van der Waals surface area contributed by atoms with E-state index in [1.54, 1.807) is 0 Å². The topological polar surface area (TPSA) is 29.9 Å². The number of nitrogens with zero attached hydrogens (tertiary/aromatic N) is 2. The minimum absolute atomic E-state index is 0.934. The lowest BCUT2D eigenvalue weighted by Crippen LogP contribution is -2.09. The highest BCUT2D eigenvalue weighted by molar-refractivity contribution is 5.53. The van der Waals surface area contributed by atoms with Gasteiger partial charge in [-0.05, 0) is 37.1 Å². The van der Waals surface area contributed by atoms with Gasteiger partial charge in [-0.2, -0.15) is 5.10 Å². The third-order valence-electron chi connectivity index (χ3n) is 3.22. The van der Waals surface area contributed by atoms with Crippen molar-refractivity contribution in [3.05, 3.63) is 47.3 Å². The zero-order valence-electron chi connectivity index (χ0n) is 10.7. The average molecular weight is 229 g/mol. The van der Waals surface area contributed by atoms with Crippen molar-refractivity contribution in [2.75, 3.05) is 11.9 Å². The second kappa shape index (κ2) is 5.04. The fourth-order valence-electron chi connectivity index (χ4n) is 1.91. The number of benzene rings is 1. The molecule has 3 heteroatoms. The molecule has 90 valence electrons. The van der Waals surface area contributed by atoms with Crippen LogP contribution >= 0.6 is 0 Å². The van der Waals surface area contributed by atoms with E-state index in [9.17, 15) is 0 Å². The number of hydrogen-bond donors (Lipinski definition) is 1. The number of hydrogen-bond acceptors (Lipinski definition) is 2. The van der Waals surface area contributed by atoms with E-state index in [4.69, 9.17) is 0 Å². The molecule has 1 aromatic carbocycles. The SMILES string of the molecule is Cc1cccc(NCCc2ccnn2C)c1C. The van der Waals surface area contributed by atoms with Gasteiger partial charge in [0.25, 0.3) is 0 Å². The average Bonchev–Trinajstić information content (AvgIpc) is 2.71. The highest BCUT2D eigenvalue weighted by atomic mass is 15.3. The maximum atomic E-state index is 4.16. The molecule has 0 saturated heterocycles. The van der Waals surface area contributed by atoms with Gasteiger partial charge in [0.1, 0.15) is 0 Å². The van der Waals surface area contributed by atoms with E-state index < -0.39 is 0 Å². The molecule has 2 aromatic rings. The van der Waals surface area contributed by atoms with E-state index in [1.807, 2.05) is 17.9 Å². The standard InChI is InChI=1S/C14H19N3/c1-11-5-4-6-14(12(11)2)15-9-7-13-8-10-16-17(13)3/h4-6,8,10,15H,7,9H2,1-3H3. The number of nitrogens with one attached hydrogen (secondary N) is 1. The van der Waals surface area contributed by atoms with Crippen LogP contribution in [-0.2, 0) is 13.5 Å². The Labute approximate surface area is 102 Å². The van der Waals surface area contributed by atoms with Gasteiger partial charge in [0.2, 0.25) is 0 Å². The molecular formula is C14H19N3. The van der Waals surface area contributed by atoms with E-state index in [0.29, 0.717) is 0 Å². The van der Waals surface area contributed by atoms with Gasteiger partial charge < -0.3 is 5.32 Å². The lowest BCUT2D eigenvalue weighted by Gasteiger charge is -2.11. The first kappa shape index (κ1) is 11.7. The molecule has 17 heavy (non-hydrogen) atoms. The Balaban J connectivity index is 1.95. The van der Waals surface area contributed by atoms with Crippen LogP contribution in [0.4, 0.5) is 5.69 Å². The molecule has 0 saturated carbocycles. The van der Waals surface area contributed by atoms with Gasteiger partial charge in [0.05, 0.1) is 0 Å². The van der Waals surface area contributed by atoms with Crippen molar-refractivity contribution in [2.45, 2.75) is 20.3 Å². The maximum Gasteiger partial charge on any atom is 0.0492 e. The molecular weight excluding hydrogens is 210 g/mol. The van der Waals surface area contributed by atoms with Crippen molar-refractivity contribution >= 4 is 5.69 Å². The van der Waals surface area contributed by atoms with Gasteiger partial charge in [0, 0.05) is 37.6 Å². The van der Waals surface area contributed by atoms with Crippen molar-refractivity contribution in [1.29, 1.82) is 0 Å². The van der Waals surface area contributed by atoms with Crippen molar-refractivity contribution in [3.8, 4) is 0 Å². The van der Waals surface area contributed by atoms with Gasteiger partial charge in [-0.1, -0.05) is 12.1 Å². The second-order valence-corrected chi connectivity index (χ2v) is 4.37. The smallest absolute Gasteiger partial charge is 0.0492 e. The van der Waals surface area contributed by atoms with Crippen LogP contribution in [-0.4, -0.2) is 16.3 Å². The molecule has 1 N–H and O–H groups in total. The Kier molecular flexibility index (Phi) is 3.47. The number of rotatable bonds is 4. The van der Waals surface area contributed by atoms with E-state index in [1.165, 1.54) is 22.5 Å². The predicted molar refractivity (Wildman–Crippen MR) is 71.3 cm³/mol. The minimum atomic E-state index is 0.934. The summed E-state index contributed by atoms with van der Waals surface area (Å²) in [5.41, 5.74) is 5.14. The molecule has 0 radical (unpaired) electrons. The molecule has 0 aliphatic carbocycles. The molecule has 0 aliphatic heterocycles. The van der Waals surface area contributed by atoms with Crippen LogP contribution < -0.4 is 5.32 Å². The first-order chi connectivity index (χ1) is 8.18. The third-order valence-corrected chi connectivity index (χ3v) is 3.22. The summed E-state index contributed by atoms with van der Waals surface area (Å²) in [6.45, 7) is 5.23. The maximum absolute atomic E-state index is 4.16. The van der Waals surface area contributed by atoms with Crippen LogP contribution in [0.5, 0.6) is 0 Å². The summed E-state index contributed by atoms with van der Waals surface area (Å²) in [7, 11) is 1.98. The Morgan fingerprint density at radius 3 is 2.76 bits per heavy atom. The van der Waals surface area contributed by atoms with E-state index in [0.717, 1.165) is 13.0 Å². The van der Waals surface area contributed by atoms with Crippen LogP contribution in [0.15, 0.2) is 30.5 Å². The molecule has 0 unspecified atom stereocenters. The lowest BCUT2D eigenvalue weighted by atomic mass is 10.1. The molecule has 0 amide bonds.